The van der Waals surface area contributed by atoms with Crippen LogP contribution in [0, 0.1) is 41.5 Å². The number of nitrogens with zero attached hydrogens (tertiary/aromatic N) is 3. The lowest BCUT2D eigenvalue weighted by Gasteiger charge is -2.36. The number of thiocarbonyl (C=S) groups is 1. The summed E-state index contributed by atoms with van der Waals surface area (Å²) >= 11 is 5.78. The van der Waals surface area contributed by atoms with E-state index in [-0.39, 0.29) is 10.7 Å². The van der Waals surface area contributed by atoms with Crippen LogP contribution in [-0.4, -0.2) is 21.5 Å². The summed E-state index contributed by atoms with van der Waals surface area (Å²) in [6.07, 6.45) is 1.71. The van der Waals surface area contributed by atoms with Crippen LogP contribution in [0.25, 0.3) is 11.8 Å². The molecule has 0 atom stereocenters. The number of anilines is 2. The Bertz CT molecular complexity index is 1660. The molecule has 2 amide bonds. The van der Waals surface area contributed by atoms with Gasteiger partial charge < -0.3 is 4.57 Å². The zero-order chi connectivity index (χ0) is 28.0. The number of carbonyl (C=O) groups is 2. The lowest BCUT2D eigenvalue weighted by Crippen LogP contribution is -2.57. The number of para-hydroxylation sites is 1. The third kappa shape index (κ3) is 4.72. The molecular formula is C33H31N3O2S. The van der Waals surface area contributed by atoms with E-state index in [1.807, 2.05) is 82.3 Å². The molecule has 196 valence electrons. The van der Waals surface area contributed by atoms with Gasteiger partial charge >= 0.3 is 0 Å². The first-order valence-electron chi connectivity index (χ1n) is 12.9. The summed E-state index contributed by atoms with van der Waals surface area (Å²) in [7, 11) is 0. The molecule has 0 saturated carbocycles. The largest absolute Gasteiger partial charge is 0.318 e. The number of hydrogen-bond donors (Lipinski definition) is 0. The molecule has 4 aromatic rings. The van der Waals surface area contributed by atoms with Crippen molar-refractivity contribution in [2.45, 2.75) is 41.5 Å². The van der Waals surface area contributed by atoms with Gasteiger partial charge in [-0.3, -0.25) is 19.4 Å². The van der Waals surface area contributed by atoms with Gasteiger partial charge in [-0.25, -0.2) is 0 Å². The minimum atomic E-state index is -0.438. The highest BCUT2D eigenvalue weighted by Gasteiger charge is 2.41. The number of amides is 2. The number of benzene rings is 3. The summed E-state index contributed by atoms with van der Waals surface area (Å²) in [5, 5.41) is 0.136. The van der Waals surface area contributed by atoms with E-state index in [0.29, 0.717) is 11.4 Å². The second-order valence-corrected chi connectivity index (χ2v) is 10.6. The molecule has 2 heterocycles. The molecule has 0 radical (unpaired) electrons. The third-order valence-corrected chi connectivity index (χ3v) is 7.61. The quantitative estimate of drug-likeness (QED) is 0.160. The summed E-state index contributed by atoms with van der Waals surface area (Å²) in [6, 6.07) is 23.4. The van der Waals surface area contributed by atoms with Crippen LogP contribution in [0.15, 0.2) is 78.4 Å². The SMILES string of the molecule is Cc1cc(C)cc(-n2c(C)cc(C=C3C(=O)N(c4ccccc4)C(=S)N(c4ccc(C)c(C)c4)C3=O)c2C)c1. The van der Waals surface area contributed by atoms with Gasteiger partial charge in [0.1, 0.15) is 5.57 Å². The lowest BCUT2D eigenvalue weighted by atomic mass is 10.0. The maximum Gasteiger partial charge on any atom is 0.270 e. The molecule has 1 aliphatic heterocycles. The highest BCUT2D eigenvalue weighted by molar-refractivity contribution is 7.81. The maximum absolute atomic E-state index is 14.0. The predicted molar refractivity (Wildman–Crippen MR) is 163 cm³/mol. The van der Waals surface area contributed by atoms with E-state index < -0.39 is 11.8 Å². The number of aromatic nitrogens is 1. The minimum absolute atomic E-state index is 0.0614. The fourth-order valence-electron chi connectivity index (χ4n) is 5.19. The fourth-order valence-corrected chi connectivity index (χ4v) is 5.57. The van der Waals surface area contributed by atoms with Crippen molar-refractivity contribution in [1.29, 1.82) is 0 Å². The fraction of sp³-hybridized carbons (Fsp3) is 0.182. The first kappa shape index (κ1) is 26.3. The van der Waals surface area contributed by atoms with Gasteiger partial charge in [0.05, 0.1) is 11.4 Å². The van der Waals surface area contributed by atoms with Crippen LogP contribution in [-0.2, 0) is 9.59 Å². The van der Waals surface area contributed by atoms with Gasteiger partial charge in [0, 0.05) is 17.1 Å². The summed E-state index contributed by atoms with van der Waals surface area (Å²) in [5.41, 5.74) is 9.62. The standard InChI is InChI=1S/C33H31N3O2S/c1-20-14-21(2)16-29(15-20)34-24(5)18-26(25(34)6)19-30-31(37)35(27-10-8-7-9-11-27)33(39)36(32(30)38)28-13-12-22(3)23(4)17-28/h7-19H,1-6H3. The number of carbonyl (C=O) groups excluding carboxylic acids is 2. The van der Waals surface area contributed by atoms with Gasteiger partial charge in [0.15, 0.2) is 5.11 Å². The predicted octanol–water partition coefficient (Wildman–Crippen LogP) is 7.08. The molecule has 1 saturated heterocycles. The Kier molecular flexibility index (Phi) is 6.83. The van der Waals surface area contributed by atoms with E-state index in [9.17, 15) is 9.59 Å². The topological polar surface area (TPSA) is 45.6 Å². The van der Waals surface area contributed by atoms with Crippen molar-refractivity contribution in [1.82, 2.24) is 4.57 Å². The molecule has 0 unspecified atom stereocenters. The molecule has 0 spiro atoms. The van der Waals surface area contributed by atoms with Crippen molar-refractivity contribution < 1.29 is 9.59 Å². The van der Waals surface area contributed by atoms with E-state index in [4.69, 9.17) is 12.2 Å². The van der Waals surface area contributed by atoms with Crippen LogP contribution in [0.5, 0.6) is 0 Å². The second-order valence-electron chi connectivity index (χ2n) is 10.2. The molecular weight excluding hydrogens is 502 g/mol. The molecule has 1 aliphatic rings. The van der Waals surface area contributed by atoms with E-state index in [0.717, 1.165) is 33.8 Å². The lowest BCUT2D eigenvalue weighted by molar-refractivity contribution is -0.120. The van der Waals surface area contributed by atoms with Crippen molar-refractivity contribution >= 4 is 46.6 Å². The molecule has 1 aromatic heterocycles. The summed E-state index contributed by atoms with van der Waals surface area (Å²) in [4.78, 5) is 30.8. The van der Waals surface area contributed by atoms with Crippen LogP contribution in [0.1, 0.15) is 39.2 Å². The molecule has 5 nitrogen and oxygen atoms in total. The van der Waals surface area contributed by atoms with Gasteiger partial charge in [-0.2, -0.15) is 0 Å². The van der Waals surface area contributed by atoms with E-state index in [2.05, 4.69) is 36.6 Å². The van der Waals surface area contributed by atoms with E-state index in [1.54, 1.807) is 6.08 Å². The Balaban J connectivity index is 1.67. The second kappa shape index (κ2) is 10.1. The molecule has 0 bridgehead atoms. The van der Waals surface area contributed by atoms with Crippen LogP contribution in [0.2, 0.25) is 0 Å². The maximum atomic E-state index is 14.0. The molecule has 3 aromatic carbocycles. The Morgan fingerprint density at radius 3 is 1.87 bits per heavy atom. The average molecular weight is 534 g/mol. The third-order valence-electron chi connectivity index (χ3n) is 7.25. The summed E-state index contributed by atoms with van der Waals surface area (Å²) in [5.74, 6) is -0.871. The molecule has 39 heavy (non-hydrogen) atoms. The van der Waals surface area contributed by atoms with Gasteiger partial charge in [-0.05, 0) is 130 Å². The zero-order valence-corrected chi connectivity index (χ0v) is 23.9. The van der Waals surface area contributed by atoms with Gasteiger partial charge in [-0.15, -0.1) is 0 Å². The molecule has 6 heteroatoms. The number of hydrogen-bond acceptors (Lipinski definition) is 3. The number of rotatable bonds is 4. The van der Waals surface area contributed by atoms with Crippen LogP contribution in [0.3, 0.4) is 0 Å². The van der Waals surface area contributed by atoms with Crippen molar-refractivity contribution in [2.24, 2.45) is 0 Å². The smallest absolute Gasteiger partial charge is 0.270 e. The molecule has 0 N–H and O–H groups in total. The Morgan fingerprint density at radius 2 is 1.26 bits per heavy atom. The van der Waals surface area contributed by atoms with Crippen LogP contribution in [0.4, 0.5) is 11.4 Å². The van der Waals surface area contributed by atoms with E-state index in [1.165, 1.54) is 20.9 Å². The highest BCUT2D eigenvalue weighted by atomic mass is 32.1. The summed E-state index contributed by atoms with van der Waals surface area (Å²) in [6.45, 7) is 12.2. The Hall–Kier alpha value is -4.29. The number of aryl methyl sites for hydroxylation is 5. The highest BCUT2D eigenvalue weighted by Crippen LogP contribution is 2.32. The zero-order valence-electron chi connectivity index (χ0n) is 23.1. The normalized spacial score (nSPS) is 15.0. The average Bonchev–Trinajstić information content (AvgIpc) is 3.16. The van der Waals surface area contributed by atoms with Gasteiger partial charge in [-0.1, -0.05) is 30.3 Å². The molecule has 1 fully saturated rings. The summed E-state index contributed by atoms with van der Waals surface area (Å²) < 4.78 is 2.16. The van der Waals surface area contributed by atoms with Crippen molar-refractivity contribution in [2.75, 3.05) is 9.80 Å². The molecule has 5 rings (SSSR count). The Labute approximate surface area is 235 Å². The van der Waals surface area contributed by atoms with E-state index >= 15 is 0 Å². The first-order chi connectivity index (χ1) is 18.6. The first-order valence-corrected chi connectivity index (χ1v) is 13.3. The Morgan fingerprint density at radius 1 is 0.641 bits per heavy atom. The monoisotopic (exact) mass is 533 g/mol. The van der Waals surface area contributed by atoms with Gasteiger partial charge in [0.25, 0.3) is 11.8 Å². The van der Waals surface area contributed by atoms with Crippen molar-refractivity contribution in [3.8, 4) is 5.69 Å². The van der Waals surface area contributed by atoms with Gasteiger partial charge in [0.2, 0.25) is 0 Å². The van der Waals surface area contributed by atoms with Crippen LogP contribution >= 0.6 is 12.2 Å². The molecule has 0 aliphatic carbocycles. The van der Waals surface area contributed by atoms with Crippen molar-refractivity contribution in [3.63, 3.8) is 0 Å². The van der Waals surface area contributed by atoms with Crippen LogP contribution < -0.4 is 9.80 Å². The minimum Gasteiger partial charge on any atom is -0.318 e. The van der Waals surface area contributed by atoms with Crippen molar-refractivity contribution in [3.05, 3.63) is 118 Å².